The topological polar surface area (TPSA) is 141 Å². The van der Waals surface area contributed by atoms with Crippen LogP contribution in [0.25, 0.3) is 0 Å². The maximum atomic E-state index is 13.6. The number of ketones is 2. The Balaban J connectivity index is 2.66. The number of nitrogens with one attached hydrogen (secondary N) is 1. The van der Waals surface area contributed by atoms with Crippen LogP contribution in [0.4, 0.5) is 4.79 Å². The monoisotopic (exact) mass is 588 g/mol. The minimum Gasteiger partial charge on any atom is -0.492 e. The van der Waals surface area contributed by atoms with Gasteiger partial charge in [0.1, 0.15) is 6.10 Å². The van der Waals surface area contributed by atoms with Crippen LogP contribution in [0.5, 0.6) is 0 Å². The number of hydrogen-bond donors (Lipinski definition) is 2. The number of rotatable bonds is 4. The molecule has 232 valence electrons. The Morgan fingerprint density at radius 2 is 1.76 bits per heavy atom. The Hall–Kier alpha value is -3.54. The number of carbonyl (C=O) groups is 4. The third kappa shape index (κ3) is 8.27. The zero-order valence-electron chi connectivity index (χ0n) is 25.9. The van der Waals surface area contributed by atoms with Crippen molar-refractivity contribution in [3.8, 4) is 0 Å². The van der Waals surface area contributed by atoms with E-state index in [9.17, 15) is 24.3 Å². The van der Waals surface area contributed by atoms with Gasteiger partial charge in [0.15, 0.2) is 11.9 Å². The number of methoxy groups -OCH3 is 3. The number of aliphatic hydroxyl groups is 1. The quantitative estimate of drug-likeness (QED) is 0.375. The van der Waals surface area contributed by atoms with E-state index >= 15 is 0 Å². The van der Waals surface area contributed by atoms with Gasteiger partial charge >= 0.3 is 6.09 Å². The number of fused-ring (bicyclic) bond motifs is 2. The smallest absolute Gasteiger partial charge is 0.407 e. The molecule has 2 amide bonds. The molecular formula is C31H44N2O9. The summed E-state index contributed by atoms with van der Waals surface area (Å²) >= 11 is 0. The first-order chi connectivity index (χ1) is 19.8. The molecule has 2 rings (SSSR count). The van der Waals surface area contributed by atoms with E-state index in [2.05, 4.69) is 5.32 Å². The molecule has 0 aromatic heterocycles. The molecule has 2 bridgehead atoms. The summed E-state index contributed by atoms with van der Waals surface area (Å²) in [6.07, 6.45) is 4.39. The summed E-state index contributed by atoms with van der Waals surface area (Å²) in [4.78, 5) is 53.1. The number of alkyl carbamates (subject to hydrolysis) is 1. The second kappa shape index (κ2) is 15.6. The average Bonchev–Trinajstić information content (AvgIpc) is 2.96. The minimum atomic E-state index is -0.948. The lowest BCUT2D eigenvalue weighted by molar-refractivity contribution is -0.127. The molecule has 0 saturated carbocycles. The zero-order valence-corrected chi connectivity index (χ0v) is 25.9. The van der Waals surface area contributed by atoms with Gasteiger partial charge < -0.3 is 34.3 Å². The largest absolute Gasteiger partial charge is 0.492 e. The number of carbonyl (C=O) groups excluding carboxylic acids is 4. The number of ether oxygens (including phenoxy) is 4. The summed E-state index contributed by atoms with van der Waals surface area (Å²) < 4.78 is 22.2. The highest BCUT2D eigenvalue weighted by Crippen LogP contribution is 2.31. The molecule has 0 unspecified atom stereocenters. The summed E-state index contributed by atoms with van der Waals surface area (Å²) in [7, 11) is 7.16. The summed E-state index contributed by atoms with van der Waals surface area (Å²) in [6.45, 7) is 7.06. The Labute approximate surface area is 247 Å². The first-order valence-corrected chi connectivity index (χ1v) is 13.8. The van der Waals surface area contributed by atoms with Gasteiger partial charge in [0.25, 0.3) is 5.91 Å². The van der Waals surface area contributed by atoms with Gasteiger partial charge in [0.05, 0.1) is 25.0 Å². The van der Waals surface area contributed by atoms with E-state index in [0.29, 0.717) is 12.0 Å². The lowest BCUT2D eigenvalue weighted by Gasteiger charge is -2.30. The summed E-state index contributed by atoms with van der Waals surface area (Å²) in [6, 6.07) is 0. The van der Waals surface area contributed by atoms with E-state index in [1.165, 1.54) is 35.4 Å². The Bertz CT molecular complexity index is 1200. The first kappa shape index (κ1) is 34.7. The maximum absolute atomic E-state index is 13.6. The molecule has 42 heavy (non-hydrogen) atoms. The molecule has 0 fully saturated rings. The lowest BCUT2D eigenvalue weighted by Crippen LogP contribution is -2.37. The summed E-state index contributed by atoms with van der Waals surface area (Å²) in [5.74, 6) is -2.18. The van der Waals surface area contributed by atoms with Crippen molar-refractivity contribution in [1.82, 2.24) is 10.2 Å². The van der Waals surface area contributed by atoms with Crippen molar-refractivity contribution in [3.05, 3.63) is 58.6 Å². The predicted octanol–water partition coefficient (Wildman–Crippen LogP) is 3.01. The number of amides is 2. The molecule has 0 radical (unpaired) electrons. The average molecular weight is 589 g/mol. The maximum Gasteiger partial charge on any atom is 0.407 e. The van der Waals surface area contributed by atoms with Gasteiger partial charge in [0.2, 0.25) is 11.6 Å². The molecule has 6 atom stereocenters. The summed E-state index contributed by atoms with van der Waals surface area (Å²) in [5, 5.41) is 13.7. The van der Waals surface area contributed by atoms with Crippen LogP contribution in [0.2, 0.25) is 0 Å². The number of nitrogens with zero attached hydrogens (tertiary/aromatic N) is 1. The van der Waals surface area contributed by atoms with Crippen LogP contribution in [-0.4, -0.2) is 93.4 Å². The predicted molar refractivity (Wildman–Crippen MR) is 156 cm³/mol. The molecule has 11 heteroatoms. The van der Waals surface area contributed by atoms with Gasteiger partial charge in [-0.2, -0.15) is 0 Å². The number of likely N-dealkylation sites (N-methyl/N-ethyl adjacent to an activating group) is 1. The van der Waals surface area contributed by atoms with Gasteiger partial charge in [-0.25, -0.2) is 4.79 Å². The highest BCUT2D eigenvalue weighted by Gasteiger charge is 2.35. The van der Waals surface area contributed by atoms with Crippen LogP contribution in [-0.2, 0) is 33.3 Å². The van der Waals surface area contributed by atoms with E-state index in [4.69, 9.17) is 18.9 Å². The standard InChI is InChI=1S/C31H44N2O9/c1-17-13-21-27(36)22(16-23(34)29(21)41-9)33(6)30(37)18(2)11-10-12-24(39-7)28(42-31(38)32-5)20(4)15-19(3)26(35)25(14-17)40-8/h10-12,15-17,19,24-26,28,35H,13-14H2,1-9H3,(H,32,38)/b12-10+,18-11-,20-15+/t17-,19-,24-,25-,26+,28-/m1/s1. The SMILES string of the molecule is CNC(=O)O[C@@H]1/C(C)=C/[C@@H](C)[C@H](O)[C@H](OC)C[C@H](C)CC2=C(OC)C(=O)C=C(C2=O)N(C)C(=O)/C(C)=C\C=C\[C@H]1OC. The second-order valence-electron chi connectivity index (χ2n) is 10.7. The fourth-order valence-electron chi connectivity index (χ4n) is 5.12. The Morgan fingerprint density at radius 1 is 1.10 bits per heavy atom. The highest BCUT2D eigenvalue weighted by atomic mass is 16.6. The third-order valence-electron chi connectivity index (χ3n) is 7.52. The van der Waals surface area contributed by atoms with Crippen LogP contribution in [0, 0.1) is 11.8 Å². The van der Waals surface area contributed by atoms with Gasteiger partial charge in [-0.05, 0) is 38.2 Å². The minimum absolute atomic E-state index is 0.0618. The molecule has 11 nitrogen and oxygen atoms in total. The van der Waals surface area contributed by atoms with E-state index in [1.807, 2.05) is 13.8 Å². The lowest BCUT2D eigenvalue weighted by atomic mass is 9.85. The van der Waals surface area contributed by atoms with Crippen molar-refractivity contribution in [2.24, 2.45) is 11.8 Å². The van der Waals surface area contributed by atoms with E-state index in [0.717, 1.165) is 11.0 Å². The summed E-state index contributed by atoms with van der Waals surface area (Å²) in [5.41, 5.74) is 1.03. The molecule has 1 heterocycles. The Kier molecular flexibility index (Phi) is 12.9. The molecule has 0 spiro atoms. The van der Waals surface area contributed by atoms with Crippen molar-refractivity contribution >= 4 is 23.6 Å². The van der Waals surface area contributed by atoms with Crippen molar-refractivity contribution in [1.29, 1.82) is 0 Å². The van der Waals surface area contributed by atoms with Gasteiger partial charge in [-0.1, -0.05) is 38.2 Å². The van der Waals surface area contributed by atoms with Crippen molar-refractivity contribution in [2.45, 2.75) is 65.0 Å². The van der Waals surface area contributed by atoms with Crippen molar-refractivity contribution in [2.75, 3.05) is 35.4 Å². The van der Waals surface area contributed by atoms with Crippen molar-refractivity contribution < 1.29 is 43.2 Å². The van der Waals surface area contributed by atoms with Crippen LogP contribution in [0.1, 0.15) is 40.5 Å². The van der Waals surface area contributed by atoms with E-state index in [1.54, 1.807) is 38.2 Å². The molecule has 0 saturated heterocycles. The van der Waals surface area contributed by atoms with Crippen LogP contribution < -0.4 is 5.32 Å². The van der Waals surface area contributed by atoms with Gasteiger partial charge in [0, 0.05) is 51.5 Å². The molecule has 1 aliphatic carbocycles. The molecular weight excluding hydrogens is 544 g/mol. The molecule has 2 aliphatic rings. The molecule has 2 N–H and O–H groups in total. The van der Waals surface area contributed by atoms with E-state index in [-0.39, 0.29) is 34.9 Å². The normalized spacial score (nSPS) is 31.9. The zero-order chi connectivity index (χ0) is 31.7. The molecule has 0 aromatic rings. The number of allylic oxidation sites excluding steroid dienone is 4. The van der Waals surface area contributed by atoms with Crippen LogP contribution in [0.15, 0.2) is 58.6 Å². The fourth-order valence-corrected chi connectivity index (χ4v) is 5.12. The number of Topliss-reactive ketones (excluding diaryl/α,β-unsaturated/α-hetero) is 1. The fraction of sp³-hybridized carbons (Fsp3) is 0.548. The Morgan fingerprint density at radius 3 is 2.33 bits per heavy atom. The molecule has 0 aromatic carbocycles. The number of aliphatic hydroxyl groups excluding tert-OH is 1. The highest BCUT2D eigenvalue weighted by molar-refractivity contribution is 6.23. The van der Waals surface area contributed by atoms with Crippen LogP contribution >= 0.6 is 0 Å². The van der Waals surface area contributed by atoms with Crippen molar-refractivity contribution in [3.63, 3.8) is 0 Å². The second-order valence-corrected chi connectivity index (χ2v) is 10.7. The third-order valence-corrected chi connectivity index (χ3v) is 7.52. The van der Waals surface area contributed by atoms with Gasteiger partial charge in [-0.15, -0.1) is 0 Å². The molecule has 1 aliphatic heterocycles. The van der Waals surface area contributed by atoms with Gasteiger partial charge in [-0.3, -0.25) is 14.4 Å². The van der Waals surface area contributed by atoms with Crippen LogP contribution in [0.3, 0.4) is 0 Å². The first-order valence-electron chi connectivity index (χ1n) is 13.8. The van der Waals surface area contributed by atoms with E-state index < -0.39 is 53.9 Å². The number of hydrogen-bond acceptors (Lipinski definition) is 9.